The third kappa shape index (κ3) is 4.46. The fraction of sp³-hybridized carbons (Fsp3) is 0.222. The largest absolute Gasteiger partial charge is 0.554 e. The first-order valence-electron chi connectivity index (χ1n) is 3.65. The van der Waals surface area contributed by atoms with Crippen LogP contribution < -0.4 is 10.8 Å². The van der Waals surface area contributed by atoms with Crippen LogP contribution in [0.25, 0.3) is 0 Å². The Bertz CT molecular complexity index is 236. The topological polar surface area (TPSA) is 67.8 Å². The molecule has 1 aromatic rings. The number of quaternary nitrogens is 1. The summed E-state index contributed by atoms with van der Waals surface area (Å²) < 4.78 is 0. The average Bonchev–Trinajstić information content (AvgIpc) is 2.06. The molecule has 66 valence electrons. The van der Waals surface area contributed by atoms with Gasteiger partial charge in [0.15, 0.2) is 0 Å². The van der Waals surface area contributed by atoms with Gasteiger partial charge in [-0.2, -0.15) is 0 Å². The molecule has 0 saturated heterocycles. The maximum Gasteiger partial charge on any atom is 0.0997 e. The molecular weight excluding hydrogens is 154 g/mol. The van der Waals surface area contributed by atoms with Crippen molar-refractivity contribution in [2.75, 3.05) is 0 Å². The van der Waals surface area contributed by atoms with Gasteiger partial charge in [0, 0.05) is 12.0 Å². The summed E-state index contributed by atoms with van der Waals surface area (Å²) in [5.41, 5.74) is 6.43. The minimum atomic E-state index is -0.500. The van der Waals surface area contributed by atoms with Crippen molar-refractivity contribution in [1.82, 2.24) is 0 Å². The second kappa shape index (κ2) is 6.37. The van der Waals surface area contributed by atoms with Crippen LogP contribution in [-0.2, 0) is 11.3 Å². The number of carbonyl (C=O) groups excluding carboxylic acids is 1. The Morgan fingerprint density at radius 1 is 1.58 bits per heavy atom. The van der Waals surface area contributed by atoms with E-state index in [0.29, 0.717) is 0 Å². The van der Waals surface area contributed by atoms with Gasteiger partial charge in [-0.05, 0) is 6.92 Å². The fourth-order valence-corrected chi connectivity index (χ4v) is 0.868. The van der Waals surface area contributed by atoms with Crippen LogP contribution in [0.5, 0.6) is 0 Å². The van der Waals surface area contributed by atoms with Gasteiger partial charge in [-0.25, -0.2) is 0 Å². The number of carbonyl (C=O) groups is 1. The van der Waals surface area contributed by atoms with Crippen molar-refractivity contribution >= 4 is 6.47 Å². The molecule has 0 aromatic heterocycles. The van der Waals surface area contributed by atoms with E-state index in [1.807, 2.05) is 0 Å². The maximum atomic E-state index is 8.25. The van der Waals surface area contributed by atoms with Crippen LogP contribution in [0, 0.1) is 6.92 Å². The van der Waals surface area contributed by atoms with Crippen molar-refractivity contribution in [3.8, 4) is 0 Å². The molecule has 12 heavy (non-hydrogen) atoms. The normalized spacial score (nSPS) is 8.17. The van der Waals surface area contributed by atoms with Crippen LogP contribution in [0.1, 0.15) is 11.1 Å². The number of aryl methyl sites for hydroxylation is 1. The zero-order chi connectivity index (χ0) is 9.40. The molecule has 0 spiro atoms. The van der Waals surface area contributed by atoms with E-state index < -0.39 is 6.47 Å². The van der Waals surface area contributed by atoms with Gasteiger partial charge in [0.2, 0.25) is 0 Å². The summed E-state index contributed by atoms with van der Waals surface area (Å²) in [6.07, 6.45) is 0. The van der Waals surface area contributed by atoms with Crippen molar-refractivity contribution in [3.05, 3.63) is 35.4 Å². The highest BCUT2D eigenvalue weighted by molar-refractivity contribution is 5.29. The first kappa shape index (κ1) is 10.7. The first-order chi connectivity index (χ1) is 5.74. The van der Waals surface area contributed by atoms with Crippen molar-refractivity contribution in [2.45, 2.75) is 13.5 Å². The average molecular weight is 167 g/mol. The first-order valence-corrected chi connectivity index (χ1v) is 3.65. The van der Waals surface area contributed by atoms with Gasteiger partial charge in [0.05, 0.1) is 6.54 Å². The van der Waals surface area contributed by atoms with Crippen LogP contribution in [-0.4, -0.2) is 6.47 Å². The molecule has 0 atom stereocenters. The SMILES string of the molecule is Cc1cccc(C[NH3+])c1.O=C[O-]. The lowest BCUT2D eigenvalue weighted by atomic mass is 10.1. The van der Waals surface area contributed by atoms with Crippen LogP contribution >= 0.6 is 0 Å². The molecule has 0 heterocycles. The lowest BCUT2D eigenvalue weighted by Crippen LogP contribution is -2.47. The molecule has 1 rings (SSSR count). The molecule has 0 saturated carbocycles. The molecule has 0 aliphatic heterocycles. The smallest absolute Gasteiger partial charge is 0.0997 e. The summed E-state index contributed by atoms with van der Waals surface area (Å²) in [5, 5.41) is 8.25. The van der Waals surface area contributed by atoms with Crippen molar-refractivity contribution in [1.29, 1.82) is 0 Å². The summed E-state index contributed by atoms with van der Waals surface area (Å²) >= 11 is 0. The minimum absolute atomic E-state index is 0.500. The minimum Gasteiger partial charge on any atom is -0.554 e. The molecule has 3 heteroatoms. The molecular formula is C9H13NO2. The van der Waals surface area contributed by atoms with Crippen LogP contribution in [0.15, 0.2) is 24.3 Å². The van der Waals surface area contributed by atoms with Gasteiger partial charge in [-0.1, -0.05) is 29.8 Å². The number of hydrogen-bond donors (Lipinski definition) is 1. The molecule has 0 radical (unpaired) electrons. The highest BCUT2D eigenvalue weighted by atomic mass is 16.3. The quantitative estimate of drug-likeness (QED) is 0.551. The van der Waals surface area contributed by atoms with Gasteiger partial charge in [-0.3, -0.25) is 0 Å². The predicted molar refractivity (Wildman–Crippen MR) is 43.8 cm³/mol. The Labute approximate surface area is 71.8 Å². The Morgan fingerprint density at radius 3 is 2.50 bits per heavy atom. The van der Waals surface area contributed by atoms with E-state index in [2.05, 4.69) is 36.9 Å². The number of hydrogen-bond acceptors (Lipinski definition) is 2. The van der Waals surface area contributed by atoms with E-state index in [1.54, 1.807) is 0 Å². The lowest BCUT2D eigenvalue weighted by Gasteiger charge is -1.93. The van der Waals surface area contributed by atoms with Crippen molar-refractivity contribution < 1.29 is 15.6 Å². The highest BCUT2D eigenvalue weighted by Crippen LogP contribution is 2.00. The summed E-state index contributed by atoms with van der Waals surface area (Å²) in [7, 11) is 0. The van der Waals surface area contributed by atoms with Gasteiger partial charge in [0.1, 0.15) is 0 Å². The molecule has 0 aliphatic rings. The molecule has 0 amide bonds. The van der Waals surface area contributed by atoms with Crippen molar-refractivity contribution in [2.24, 2.45) is 0 Å². The molecule has 0 bridgehead atoms. The maximum absolute atomic E-state index is 8.25. The third-order valence-corrected chi connectivity index (χ3v) is 1.37. The Hall–Kier alpha value is -1.35. The summed E-state index contributed by atoms with van der Waals surface area (Å²) in [4.78, 5) is 8.25. The number of rotatable bonds is 1. The van der Waals surface area contributed by atoms with E-state index in [1.165, 1.54) is 11.1 Å². The molecule has 0 fully saturated rings. The Morgan fingerprint density at radius 2 is 2.17 bits per heavy atom. The third-order valence-electron chi connectivity index (χ3n) is 1.37. The molecule has 3 N–H and O–H groups in total. The van der Waals surface area contributed by atoms with Crippen LogP contribution in [0.4, 0.5) is 0 Å². The zero-order valence-corrected chi connectivity index (χ0v) is 7.12. The standard InChI is InChI=1S/C8H11N.CH2O2/c1-7-3-2-4-8(5-7)6-9;2-1-3/h2-5H,6,9H2,1H3;1H,(H,2,3). The fourth-order valence-electron chi connectivity index (χ4n) is 0.868. The predicted octanol–water partition coefficient (Wildman–Crippen LogP) is -0.897. The second-order valence-electron chi connectivity index (χ2n) is 2.34. The van der Waals surface area contributed by atoms with Gasteiger partial charge in [0.25, 0.3) is 0 Å². The molecule has 0 unspecified atom stereocenters. The molecule has 1 aromatic carbocycles. The molecule has 3 nitrogen and oxygen atoms in total. The molecule has 0 aliphatic carbocycles. The van der Waals surface area contributed by atoms with E-state index >= 15 is 0 Å². The summed E-state index contributed by atoms with van der Waals surface area (Å²) in [6, 6.07) is 8.42. The summed E-state index contributed by atoms with van der Waals surface area (Å²) in [5.74, 6) is 0. The van der Waals surface area contributed by atoms with Gasteiger partial charge in [-0.15, -0.1) is 0 Å². The van der Waals surface area contributed by atoms with Gasteiger partial charge < -0.3 is 15.6 Å². The van der Waals surface area contributed by atoms with Crippen LogP contribution in [0.2, 0.25) is 0 Å². The summed E-state index contributed by atoms with van der Waals surface area (Å²) in [6.45, 7) is 2.49. The monoisotopic (exact) mass is 167 g/mol. The van der Waals surface area contributed by atoms with Gasteiger partial charge >= 0.3 is 0 Å². The Balaban J connectivity index is 0.000000354. The zero-order valence-electron chi connectivity index (χ0n) is 7.12. The van der Waals surface area contributed by atoms with Crippen molar-refractivity contribution in [3.63, 3.8) is 0 Å². The number of benzene rings is 1. The van der Waals surface area contributed by atoms with E-state index in [-0.39, 0.29) is 0 Å². The van der Waals surface area contributed by atoms with Crippen LogP contribution in [0.3, 0.4) is 0 Å². The number of carboxylic acid groups (broad SMARTS) is 1. The van der Waals surface area contributed by atoms with E-state index in [9.17, 15) is 0 Å². The Kier molecular flexibility index (Phi) is 5.65. The van der Waals surface area contributed by atoms with E-state index in [0.717, 1.165) is 6.54 Å². The van der Waals surface area contributed by atoms with E-state index in [4.69, 9.17) is 9.90 Å². The highest BCUT2D eigenvalue weighted by Gasteiger charge is 1.88. The lowest BCUT2D eigenvalue weighted by molar-refractivity contribution is -0.386. The second-order valence-corrected chi connectivity index (χ2v) is 2.34.